The third-order valence-corrected chi connectivity index (χ3v) is 5.18. The maximum absolute atomic E-state index is 13.8. The number of hydrogen-bond donors (Lipinski definition) is 1. The summed E-state index contributed by atoms with van der Waals surface area (Å²) >= 11 is 0. The van der Waals surface area contributed by atoms with E-state index in [1.807, 2.05) is 0 Å². The average molecular weight is 290 g/mol. The van der Waals surface area contributed by atoms with Crippen LogP contribution in [0, 0.1) is 17.6 Å². The van der Waals surface area contributed by atoms with Gasteiger partial charge in [0.15, 0.2) is 5.82 Å². The molecule has 1 aromatic rings. The van der Waals surface area contributed by atoms with Crippen LogP contribution in [0.1, 0.15) is 19.8 Å². The normalized spacial score (nSPS) is 16.0. The highest BCUT2D eigenvalue weighted by molar-refractivity contribution is 7.89. The van der Waals surface area contributed by atoms with Crippen LogP contribution in [0.2, 0.25) is 0 Å². The lowest BCUT2D eigenvalue weighted by Gasteiger charge is -2.21. The maximum atomic E-state index is 13.8. The summed E-state index contributed by atoms with van der Waals surface area (Å²) in [6.45, 7) is 2.30. The number of nitrogen functional groups attached to an aromatic ring is 1. The molecule has 0 aromatic heterocycles. The molecule has 0 aliphatic heterocycles. The van der Waals surface area contributed by atoms with Crippen LogP contribution in [0.3, 0.4) is 0 Å². The Kier molecular flexibility index (Phi) is 3.78. The lowest BCUT2D eigenvalue weighted by molar-refractivity contribution is 0.408. The van der Waals surface area contributed by atoms with E-state index < -0.39 is 32.2 Å². The first-order valence-electron chi connectivity index (χ1n) is 6.11. The molecule has 4 nitrogen and oxygen atoms in total. The topological polar surface area (TPSA) is 63.4 Å². The molecule has 1 fully saturated rings. The molecule has 19 heavy (non-hydrogen) atoms. The molecule has 2 rings (SSSR count). The average Bonchev–Trinajstić information content (AvgIpc) is 3.16. The van der Waals surface area contributed by atoms with Crippen molar-refractivity contribution in [3.8, 4) is 0 Å². The molecule has 1 aliphatic carbocycles. The monoisotopic (exact) mass is 290 g/mol. The Labute approximate surface area is 111 Å². The molecule has 0 heterocycles. The summed E-state index contributed by atoms with van der Waals surface area (Å²) in [6.07, 6.45) is 1.97. The second-order valence-corrected chi connectivity index (χ2v) is 6.58. The van der Waals surface area contributed by atoms with E-state index in [-0.39, 0.29) is 6.54 Å². The number of halogens is 2. The largest absolute Gasteiger partial charge is 0.394 e. The summed E-state index contributed by atoms with van der Waals surface area (Å²) in [4.78, 5) is -0.561. The van der Waals surface area contributed by atoms with Crippen molar-refractivity contribution in [3.05, 3.63) is 23.8 Å². The van der Waals surface area contributed by atoms with Crippen molar-refractivity contribution in [2.24, 2.45) is 5.92 Å². The molecule has 0 saturated heterocycles. The zero-order chi connectivity index (χ0) is 14.2. The van der Waals surface area contributed by atoms with Crippen molar-refractivity contribution in [2.75, 3.05) is 18.8 Å². The van der Waals surface area contributed by atoms with Gasteiger partial charge in [0.25, 0.3) is 0 Å². The van der Waals surface area contributed by atoms with E-state index in [1.54, 1.807) is 6.92 Å². The molecule has 1 aliphatic rings. The number of hydrogen-bond acceptors (Lipinski definition) is 3. The molecule has 0 radical (unpaired) electrons. The van der Waals surface area contributed by atoms with Gasteiger partial charge in [-0.05, 0) is 30.9 Å². The van der Waals surface area contributed by atoms with Gasteiger partial charge in [0.2, 0.25) is 10.0 Å². The van der Waals surface area contributed by atoms with Gasteiger partial charge in [-0.1, -0.05) is 6.92 Å². The molecule has 2 N–H and O–H groups in total. The van der Waals surface area contributed by atoms with Crippen molar-refractivity contribution in [2.45, 2.75) is 24.7 Å². The second-order valence-electron chi connectivity index (χ2n) is 4.67. The molecular formula is C12H16F2N2O2S. The minimum absolute atomic E-state index is 0.246. The number of sulfonamides is 1. The lowest BCUT2D eigenvalue weighted by Crippen LogP contribution is -2.33. The number of anilines is 1. The summed E-state index contributed by atoms with van der Waals surface area (Å²) in [7, 11) is -3.96. The summed E-state index contributed by atoms with van der Waals surface area (Å²) < 4.78 is 52.8. The third-order valence-electron chi connectivity index (χ3n) is 3.22. The Morgan fingerprint density at radius 1 is 1.37 bits per heavy atom. The highest BCUT2D eigenvalue weighted by Gasteiger charge is 2.33. The van der Waals surface area contributed by atoms with Crippen LogP contribution >= 0.6 is 0 Å². The van der Waals surface area contributed by atoms with E-state index >= 15 is 0 Å². The third kappa shape index (κ3) is 2.71. The van der Waals surface area contributed by atoms with Crippen molar-refractivity contribution in [1.29, 1.82) is 0 Å². The van der Waals surface area contributed by atoms with E-state index in [1.165, 1.54) is 4.31 Å². The standard InChI is InChI=1S/C12H16F2N2O2S/c1-2-16(7-8-3-4-8)19(17,18)10-6-5-9(13)12(15)11(10)14/h5-6,8H,2-4,7,15H2,1H3. The smallest absolute Gasteiger partial charge is 0.246 e. The molecule has 0 spiro atoms. The number of nitrogens with zero attached hydrogens (tertiary/aromatic N) is 1. The molecule has 0 amide bonds. The zero-order valence-electron chi connectivity index (χ0n) is 10.6. The summed E-state index contributed by atoms with van der Waals surface area (Å²) in [5, 5.41) is 0. The minimum atomic E-state index is -3.96. The van der Waals surface area contributed by atoms with Gasteiger partial charge >= 0.3 is 0 Å². The Bertz CT molecular complexity index is 586. The van der Waals surface area contributed by atoms with Crippen molar-refractivity contribution in [1.82, 2.24) is 4.31 Å². The van der Waals surface area contributed by atoms with Crippen LogP contribution in [-0.4, -0.2) is 25.8 Å². The summed E-state index contributed by atoms with van der Waals surface area (Å²) in [5.41, 5.74) is 4.44. The second kappa shape index (κ2) is 5.05. The first kappa shape index (κ1) is 14.2. The zero-order valence-corrected chi connectivity index (χ0v) is 11.4. The molecule has 0 atom stereocenters. The predicted octanol–water partition coefficient (Wildman–Crippen LogP) is 1.97. The fourth-order valence-corrected chi connectivity index (χ4v) is 3.47. The molecular weight excluding hydrogens is 274 g/mol. The predicted molar refractivity (Wildman–Crippen MR) is 67.9 cm³/mol. The van der Waals surface area contributed by atoms with Gasteiger partial charge in [0.05, 0.1) is 0 Å². The van der Waals surface area contributed by atoms with Crippen LogP contribution in [0.15, 0.2) is 17.0 Å². The SMILES string of the molecule is CCN(CC1CC1)S(=O)(=O)c1ccc(F)c(N)c1F. The van der Waals surface area contributed by atoms with Gasteiger partial charge in [0, 0.05) is 13.1 Å². The van der Waals surface area contributed by atoms with Crippen molar-refractivity contribution >= 4 is 15.7 Å². The molecule has 0 unspecified atom stereocenters. The van der Waals surface area contributed by atoms with E-state index in [2.05, 4.69) is 0 Å². The van der Waals surface area contributed by atoms with Crippen LogP contribution in [-0.2, 0) is 10.0 Å². The lowest BCUT2D eigenvalue weighted by atomic mass is 10.3. The molecule has 7 heteroatoms. The number of nitrogens with two attached hydrogens (primary N) is 1. The van der Waals surface area contributed by atoms with Crippen LogP contribution in [0.4, 0.5) is 14.5 Å². The van der Waals surface area contributed by atoms with E-state index in [0.717, 1.165) is 25.0 Å². The first-order chi connectivity index (χ1) is 8.87. The molecule has 0 bridgehead atoms. The Morgan fingerprint density at radius 2 is 2.00 bits per heavy atom. The van der Waals surface area contributed by atoms with Gasteiger partial charge in [-0.3, -0.25) is 0 Å². The first-order valence-corrected chi connectivity index (χ1v) is 7.55. The summed E-state index contributed by atoms with van der Waals surface area (Å²) in [6, 6.07) is 1.79. The van der Waals surface area contributed by atoms with Gasteiger partial charge in [-0.25, -0.2) is 17.2 Å². The summed E-state index contributed by atoms with van der Waals surface area (Å²) in [5.74, 6) is -1.83. The fourth-order valence-electron chi connectivity index (χ4n) is 1.87. The molecule has 106 valence electrons. The van der Waals surface area contributed by atoms with Gasteiger partial charge in [0.1, 0.15) is 16.4 Å². The van der Waals surface area contributed by atoms with Gasteiger partial charge in [-0.2, -0.15) is 4.31 Å². The fraction of sp³-hybridized carbons (Fsp3) is 0.500. The van der Waals surface area contributed by atoms with Crippen LogP contribution in [0.5, 0.6) is 0 Å². The van der Waals surface area contributed by atoms with Crippen molar-refractivity contribution < 1.29 is 17.2 Å². The number of rotatable bonds is 5. The highest BCUT2D eigenvalue weighted by Crippen LogP contribution is 2.32. The van der Waals surface area contributed by atoms with E-state index in [0.29, 0.717) is 12.5 Å². The van der Waals surface area contributed by atoms with Crippen LogP contribution < -0.4 is 5.73 Å². The van der Waals surface area contributed by atoms with E-state index in [4.69, 9.17) is 5.73 Å². The van der Waals surface area contributed by atoms with Crippen LogP contribution in [0.25, 0.3) is 0 Å². The minimum Gasteiger partial charge on any atom is -0.394 e. The van der Waals surface area contributed by atoms with Gasteiger partial charge < -0.3 is 5.73 Å². The van der Waals surface area contributed by atoms with Gasteiger partial charge in [-0.15, -0.1) is 0 Å². The highest BCUT2D eigenvalue weighted by atomic mass is 32.2. The maximum Gasteiger partial charge on any atom is 0.246 e. The van der Waals surface area contributed by atoms with E-state index in [9.17, 15) is 17.2 Å². The Balaban J connectivity index is 2.40. The van der Waals surface area contributed by atoms with Crippen molar-refractivity contribution in [3.63, 3.8) is 0 Å². The Morgan fingerprint density at radius 3 is 2.53 bits per heavy atom. The number of benzene rings is 1. The molecule has 1 saturated carbocycles. The quantitative estimate of drug-likeness (QED) is 0.843. The Hall–Kier alpha value is -1.21. The molecule has 1 aromatic carbocycles.